The van der Waals surface area contributed by atoms with Crippen molar-refractivity contribution in [3.63, 3.8) is 0 Å². The van der Waals surface area contributed by atoms with Gasteiger partial charge >= 0.3 is 0 Å². The van der Waals surface area contributed by atoms with Crippen LogP contribution in [0.5, 0.6) is 11.5 Å². The molecule has 1 aliphatic heterocycles. The highest BCUT2D eigenvalue weighted by Crippen LogP contribution is 2.51. The zero-order valence-corrected chi connectivity index (χ0v) is 20.2. The van der Waals surface area contributed by atoms with Gasteiger partial charge in [-0.05, 0) is 64.9 Å². The molecule has 0 N–H and O–H groups in total. The molecule has 2 aliphatic rings. The summed E-state index contributed by atoms with van der Waals surface area (Å²) in [5, 5.41) is 7.70. The molecule has 0 unspecified atom stereocenters. The molecule has 4 aromatic carbocycles. The highest BCUT2D eigenvalue weighted by Gasteiger charge is 2.32. The molecule has 2 heterocycles. The number of rotatable bonds is 2. The standard InChI is InChI=1S/C32H30NO/c1-19-24-10-6-7-11-25(24)20(2)32-29(19)31-30-27(14-15-33(31)3)26-13-12-22(16-21-8-4-5-9-21)17-23(26)18-28(30)34-32/h6-7,10-15,17-18,21H,4-5,8-9,16H2,1-3H3/q+1. The van der Waals surface area contributed by atoms with Crippen molar-refractivity contribution >= 4 is 32.3 Å². The average Bonchev–Trinajstić information content (AvgIpc) is 3.36. The van der Waals surface area contributed by atoms with Crippen LogP contribution < -0.4 is 9.30 Å². The number of aryl methyl sites for hydroxylation is 3. The molecule has 1 fully saturated rings. The first-order valence-corrected chi connectivity index (χ1v) is 12.7. The summed E-state index contributed by atoms with van der Waals surface area (Å²) in [5.41, 5.74) is 6.46. The van der Waals surface area contributed by atoms with Gasteiger partial charge in [-0.25, -0.2) is 4.57 Å². The van der Waals surface area contributed by atoms with Crippen molar-refractivity contribution in [2.24, 2.45) is 13.0 Å². The van der Waals surface area contributed by atoms with Gasteiger partial charge < -0.3 is 4.74 Å². The number of fused-ring (bicyclic) bond motifs is 5. The first-order valence-electron chi connectivity index (χ1n) is 12.7. The summed E-state index contributed by atoms with van der Waals surface area (Å²) in [5.74, 6) is 2.84. The largest absolute Gasteiger partial charge is 0.455 e. The lowest BCUT2D eigenvalue weighted by atomic mass is 9.88. The molecule has 2 nitrogen and oxygen atoms in total. The smallest absolute Gasteiger partial charge is 0.228 e. The van der Waals surface area contributed by atoms with E-state index >= 15 is 0 Å². The number of benzene rings is 4. The number of hydrogen-bond donors (Lipinski definition) is 0. The third-order valence-electron chi connectivity index (χ3n) is 8.39. The number of ether oxygens (including phenoxy) is 1. The molecule has 0 spiro atoms. The summed E-state index contributed by atoms with van der Waals surface area (Å²) in [6, 6.07) is 20.4. The fraction of sp³-hybridized carbons (Fsp3) is 0.281. The van der Waals surface area contributed by atoms with Crippen molar-refractivity contribution in [3.8, 4) is 22.8 Å². The number of nitrogens with zero attached hydrogens (tertiary/aromatic N) is 1. The quantitative estimate of drug-likeness (QED) is 0.194. The van der Waals surface area contributed by atoms with E-state index in [1.165, 1.54) is 92.4 Å². The van der Waals surface area contributed by atoms with E-state index in [-0.39, 0.29) is 0 Å². The van der Waals surface area contributed by atoms with E-state index in [2.05, 4.69) is 86.3 Å². The molecular weight excluding hydrogens is 414 g/mol. The Morgan fingerprint density at radius 2 is 1.62 bits per heavy atom. The summed E-state index contributed by atoms with van der Waals surface area (Å²) < 4.78 is 9.06. The van der Waals surface area contributed by atoms with Crippen LogP contribution in [0.25, 0.3) is 43.6 Å². The average molecular weight is 445 g/mol. The van der Waals surface area contributed by atoms with E-state index in [1.54, 1.807) is 0 Å². The van der Waals surface area contributed by atoms with Crippen molar-refractivity contribution in [1.82, 2.24) is 0 Å². The van der Waals surface area contributed by atoms with Crippen LogP contribution in [0.1, 0.15) is 42.4 Å². The minimum Gasteiger partial charge on any atom is -0.455 e. The summed E-state index contributed by atoms with van der Waals surface area (Å²) in [6.07, 6.45) is 8.97. The second kappa shape index (κ2) is 7.30. The monoisotopic (exact) mass is 444 g/mol. The second-order valence-electron chi connectivity index (χ2n) is 10.5. The van der Waals surface area contributed by atoms with E-state index in [9.17, 15) is 0 Å². The summed E-state index contributed by atoms with van der Waals surface area (Å²) in [4.78, 5) is 0. The molecule has 0 atom stereocenters. The zero-order chi connectivity index (χ0) is 23.0. The lowest BCUT2D eigenvalue weighted by molar-refractivity contribution is -0.659. The van der Waals surface area contributed by atoms with Crippen LogP contribution in [-0.4, -0.2) is 0 Å². The first kappa shape index (κ1) is 20.0. The Kier molecular flexibility index (Phi) is 4.30. The van der Waals surface area contributed by atoms with Crippen molar-refractivity contribution in [2.75, 3.05) is 0 Å². The van der Waals surface area contributed by atoms with Gasteiger partial charge in [-0.3, -0.25) is 0 Å². The van der Waals surface area contributed by atoms with E-state index < -0.39 is 0 Å². The molecule has 0 bridgehead atoms. The van der Waals surface area contributed by atoms with Crippen LogP contribution in [0, 0.1) is 19.8 Å². The number of aromatic nitrogens is 1. The summed E-state index contributed by atoms with van der Waals surface area (Å²) in [7, 11) is 2.16. The molecule has 5 aromatic rings. The second-order valence-corrected chi connectivity index (χ2v) is 10.5. The number of hydrogen-bond acceptors (Lipinski definition) is 1. The van der Waals surface area contributed by atoms with Gasteiger partial charge in [0.15, 0.2) is 6.20 Å². The summed E-state index contributed by atoms with van der Waals surface area (Å²) in [6.45, 7) is 4.44. The zero-order valence-electron chi connectivity index (χ0n) is 20.2. The number of pyridine rings is 1. The maximum atomic E-state index is 6.79. The van der Waals surface area contributed by atoms with Gasteiger partial charge in [-0.15, -0.1) is 0 Å². The van der Waals surface area contributed by atoms with E-state index in [4.69, 9.17) is 4.74 Å². The van der Waals surface area contributed by atoms with Crippen LogP contribution in [-0.2, 0) is 13.5 Å². The molecule has 34 heavy (non-hydrogen) atoms. The fourth-order valence-corrected chi connectivity index (χ4v) is 6.64. The van der Waals surface area contributed by atoms with Crippen molar-refractivity contribution < 1.29 is 9.30 Å². The Labute approximate surface area is 200 Å². The molecule has 7 rings (SSSR count). The van der Waals surface area contributed by atoms with Gasteiger partial charge in [-0.2, -0.15) is 0 Å². The molecule has 1 saturated carbocycles. The lowest BCUT2D eigenvalue weighted by Crippen LogP contribution is -2.32. The van der Waals surface area contributed by atoms with Crippen LogP contribution in [0.3, 0.4) is 0 Å². The van der Waals surface area contributed by atoms with E-state index in [0.717, 1.165) is 17.4 Å². The predicted octanol–water partition coefficient (Wildman–Crippen LogP) is 8.09. The molecule has 0 amide bonds. The van der Waals surface area contributed by atoms with Gasteiger partial charge in [-0.1, -0.05) is 68.1 Å². The Balaban J connectivity index is 1.51. The minimum atomic E-state index is 0.851. The third kappa shape index (κ3) is 2.78. The molecule has 1 aromatic heterocycles. The van der Waals surface area contributed by atoms with Gasteiger partial charge in [0.25, 0.3) is 0 Å². The minimum absolute atomic E-state index is 0.851. The van der Waals surface area contributed by atoms with E-state index in [1.807, 2.05) is 0 Å². The molecule has 2 heteroatoms. The molecule has 168 valence electrons. The van der Waals surface area contributed by atoms with Gasteiger partial charge in [0.2, 0.25) is 5.69 Å². The Morgan fingerprint density at radius 1 is 0.853 bits per heavy atom. The van der Waals surface area contributed by atoms with E-state index in [0.29, 0.717) is 0 Å². The van der Waals surface area contributed by atoms with Crippen LogP contribution in [0.15, 0.2) is 60.8 Å². The Bertz CT molecular complexity index is 1640. The van der Waals surface area contributed by atoms with Crippen LogP contribution in [0.4, 0.5) is 0 Å². The maximum Gasteiger partial charge on any atom is 0.228 e. The predicted molar refractivity (Wildman–Crippen MR) is 141 cm³/mol. The van der Waals surface area contributed by atoms with Crippen molar-refractivity contribution in [2.45, 2.75) is 46.0 Å². The topological polar surface area (TPSA) is 13.1 Å². The van der Waals surface area contributed by atoms with Crippen LogP contribution >= 0.6 is 0 Å². The Morgan fingerprint density at radius 3 is 2.41 bits per heavy atom. The Hall–Kier alpha value is -3.39. The van der Waals surface area contributed by atoms with Gasteiger partial charge in [0.05, 0.1) is 10.9 Å². The fourth-order valence-electron chi connectivity index (χ4n) is 6.64. The highest BCUT2D eigenvalue weighted by molar-refractivity contribution is 6.16. The third-order valence-corrected chi connectivity index (χ3v) is 8.39. The summed E-state index contributed by atoms with van der Waals surface area (Å²) >= 11 is 0. The molecule has 0 radical (unpaired) electrons. The SMILES string of the molecule is Cc1c2c(c(C)c3ccccc13)-c1c3c(cc4cc(CC5CCCC5)ccc4c3cc[n+]1C)O2. The maximum absolute atomic E-state index is 6.79. The van der Waals surface area contributed by atoms with Crippen molar-refractivity contribution in [3.05, 3.63) is 77.5 Å². The highest BCUT2D eigenvalue weighted by atomic mass is 16.5. The van der Waals surface area contributed by atoms with Crippen LogP contribution in [0.2, 0.25) is 0 Å². The van der Waals surface area contributed by atoms with Gasteiger partial charge in [0, 0.05) is 17.0 Å². The normalized spacial score (nSPS) is 15.3. The lowest BCUT2D eigenvalue weighted by Gasteiger charge is -2.24. The van der Waals surface area contributed by atoms with Gasteiger partial charge in [0.1, 0.15) is 18.5 Å². The molecule has 0 saturated heterocycles. The van der Waals surface area contributed by atoms with Crippen molar-refractivity contribution in [1.29, 1.82) is 0 Å². The first-order chi connectivity index (χ1) is 16.6. The molecule has 1 aliphatic carbocycles. The molecular formula is C32H30NO+.